The highest BCUT2D eigenvalue weighted by atomic mass is 32.1. The molecule has 4 heterocycles. The van der Waals surface area contributed by atoms with Gasteiger partial charge in [-0.2, -0.15) is 4.52 Å². The fourth-order valence-corrected chi connectivity index (χ4v) is 4.06. The number of hydrogen-bond acceptors (Lipinski definition) is 7. The lowest BCUT2D eigenvalue weighted by molar-refractivity contribution is 0.210. The van der Waals surface area contributed by atoms with Crippen LogP contribution in [0.3, 0.4) is 0 Å². The van der Waals surface area contributed by atoms with Gasteiger partial charge >= 0.3 is 0 Å². The van der Waals surface area contributed by atoms with Crippen LogP contribution in [-0.4, -0.2) is 39.8 Å². The van der Waals surface area contributed by atoms with Gasteiger partial charge in [0.15, 0.2) is 11.4 Å². The van der Waals surface area contributed by atoms with Gasteiger partial charge in [0, 0.05) is 18.5 Å². The second kappa shape index (κ2) is 6.45. The van der Waals surface area contributed by atoms with Crippen LogP contribution in [0.4, 0.5) is 5.95 Å². The van der Waals surface area contributed by atoms with Crippen molar-refractivity contribution in [1.82, 2.24) is 19.6 Å². The van der Waals surface area contributed by atoms with Gasteiger partial charge in [-0.3, -0.25) is 0 Å². The number of hydrogen-bond donors (Lipinski definition) is 1. The number of anilines is 1. The molecule has 8 heteroatoms. The highest BCUT2D eigenvalue weighted by Gasteiger charge is 2.20. The molecule has 0 amide bonds. The van der Waals surface area contributed by atoms with E-state index < -0.39 is 0 Å². The first-order valence-corrected chi connectivity index (χ1v) is 9.00. The van der Waals surface area contributed by atoms with Crippen LogP contribution in [-0.2, 0) is 11.2 Å². The van der Waals surface area contributed by atoms with E-state index in [1.54, 1.807) is 29.2 Å². The molecule has 0 aliphatic rings. The highest BCUT2D eigenvalue weighted by Crippen LogP contribution is 2.34. The summed E-state index contributed by atoms with van der Waals surface area (Å²) in [5.74, 6) is 1.86. The lowest BCUT2D eigenvalue weighted by Crippen LogP contribution is -2.12. The quantitative estimate of drug-likeness (QED) is 0.532. The van der Waals surface area contributed by atoms with Gasteiger partial charge in [0.05, 0.1) is 18.3 Å². The number of thiophene rings is 1. The van der Waals surface area contributed by atoms with Gasteiger partial charge in [-0.15, -0.1) is 16.4 Å². The van der Waals surface area contributed by atoms with E-state index in [-0.39, 0.29) is 0 Å². The van der Waals surface area contributed by atoms with Gasteiger partial charge < -0.3 is 14.5 Å². The largest absolute Gasteiger partial charge is 0.461 e. The maximum Gasteiger partial charge on any atom is 0.227 e. The fraction of sp³-hybridized carbons (Fsp3) is 0.353. The van der Waals surface area contributed by atoms with Gasteiger partial charge in [-0.05, 0) is 31.0 Å². The van der Waals surface area contributed by atoms with Crippen molar-refractivity contribution in [1.29, 1.82) is 0 Å². The van der Waals surface area contributed by atoms with Crippen molar-refractivity contribution < 1.29 is 9.15 Å². The SMILES string of the molecule is CCc1c(C)sc2nc(NCCOC)n3nc(-c4ccco4)nc3c12. The van der Waals surface area contributed by atoms with Crippen molar-refractivity contribution in [3.05, 3.63) is 28.8 Å². The minimum atomic E-state index is 0.556. The fourth-order valence-electron chi connectivity index (χ4n) is 2.95. The third-order valence-electron chi connectivity index (χ3n) is 4.11. The van der Waals surface area contributed by atoms with E-state index >= 15 is 0 Å². The molecule has 25 heavy (non-hydrogen) atoms. The van der Waals surface area contributed by atoms with E-state index in [0.717, 1.165) is 22.3 Å². The number of nitrogens with zero attached hydrogens (tertiary/aromatic N) is 4. The summed E-state index contributed by atoms with van der Waals surface area (Å²) in [5.41, 5.74) is 2.08. The van der Waals surface area contributed by atoms with E-state index in [0.29, 0.717) is 30.7 Å². The molecule has 0 unspecified atom stereocenters. The van der Waals surface area contributed by atoms with E-state index in [1.165, 1.54) is 10.4 Å². The monoisotopic (exact) mass is 357 g/mol. The van der Waals surface area contributed by atoms with Gasteiger partial charge in [-0.25, -0.2) is 9.97 Å². The third kappa shape index (κ3) is 2.67. The highest BCUT2D eigenvalue weighted by molar-refractivity contribution is 7.18. The molecule has 0 aliphatic carbocycles. The van der Waals surface area contributed by atoms with Gasteiger partial charge in [0.2, 0.25) is 11.8 Å². The van der Waals surface area contributed by atoms with E-state index in [2.05, 4.69) is 24.3 Å². The summed E-state index contributed by atoms with van der Waals surface area (Å²) < 4.78 is 12.3. The first kappa shape index (κ1) is 16.0. The van der Waals surface area contributed by atoms with Crippen LogP contribution in [0.15, 0.2) is 22.8 Å². The van der Waals surface area contributed by atoms with Crippen molar-refractivity contribution in [2.24, 2.45) is 0 Å². The van der Waals surface area contributed by atoms with Crippen LogP contribution in [0.2, 0.25) is 0 Å². The second-order valence-electron chi connectivity index (χ2n) is 5.67. The van der Waals surface area contributed by atoms with Gasteiger partial charge in [0.1, 0.15) is 4.83 Å². The van der Waals surface area contributed by atoms with E-state index in [4.69, 9.17) is 19.1 Å². The number of methoxy groups -OCH3 is 1. The Bertz CT molecular complexity index is 1020. The number of aryl methyl sites for hydroxylation is 2. The first-order valence-electron chi connectivity index (χ1n) is 8.18. The topological polar surface area (TPSA) is 77.5 Å². The molecule has 4 rings (SSSR count). The maximum atomic E-state index is 5.46. The summed E-state index contributed by atoms with van der Waals surface area (Å²) in [6.07, 6.45) is 2.56. The summed E-state index contributed by atoms with van der Waals surface area (Å²) in [6.45, 7) is 5.51. The van der Waals surface area contributed by atoms with E-state index in [1.807, 2.05) is 12.1 Å². The molecule has 0 saturated carbocycles. The Balaban J connectivity index is 1.96. The molecule has 0 saturated heterocycles. The molecular weight excluding hydrogens is 338 g/mol. The minimum Gasteiger partial charge on any atom is -0.461 e. The summed E-state index contributed by atoms with van der Waals surface area (Å²) in [6, 6.07) is 3.69. The Morgan fingerprint density at radius 3 is 2.96 bits per heavy atom. The molecular formula is C17H19N5O2S. The van der Waals surface area contributed by atoms with Crippen molar-refractivity contribution in [2.45, 2.75) is 20.3 Å². The molecule has 0 aromatic carbocycles. The zero-order valence-electron chi connectivity index (χ0n) is 14.4. The average molecular weight is 357 g/mol. The molecule has 0 atom stereocenters. The molecule has 0 radical (unpaired) electrons. The van der Waals surface area contributed by atoms with Gasteiger partial charge in [-0.1, -0.05) is 6.92 Å². The summed E-state index contributed by atoms with van der Waals surface area (Å²) in [4.78, 5) is 11.8. The molecule has 4 aromatic heterocycles. The Kier molecular flexibility index (Phi) is 4.14. The zero-order valence-corrected chi connectivity index (χ0v) is 15.2. The molecule has 0 fully saturated rings. The number of rotatable bonds is 6. The Hall–Kier alpha value is -2.45. The van der Waals surface area contributed by atoms with Crippen LogP contribution >= 0.6 is 11.3 Å². The molecule has 1 N–H and O–H groups in total. The van der Waals surface area contributed by atoms with Crippen LogP contribution in [0.1, 0.15) is 17.4 Å². The number of aromatic nitrogens is 4. The molecule has 130 valence electrons. The lowest BCUT2D eigenvalue weighted by atomic mass is 10.1. The Morgan fingerprint density at radius 1 is 1.36 bits per heavy atom. The molecule has 0 aliphatic heterocycles. The van der Waals surface area contributed by atoms with Crippen LogP contribution in [0.5, 0.6) is 0 Å². The summed E-state index contributed by atoms with van der Waals surface area (Å²) in [5, 5.41) is 8.98. The zero-order chi connectivity index (χ0) is 17.4. The number of furan rings is 1. The van der Waals surface area contributed by atoms with Crippen molar-refractivity contribution in [3.63, 3.8) is 0 Å². The maximum absolute atomic E-state index is 5.46. The van der Waals surface area contributed by atoms with Crippen molar-refractivity contribution in [3.8, 4) is 11.6 Å². The summed E-state index contributed by atoms with van der Waals surface area (Å²) in [7, 11) is 1.68. The molecule has 0 spiro atoms. The Labute approximate surface area is 148 Å². The van der Waals surface area contributed by atoms with Gasteiger partial charge in [0.25, 0.3) is 0 Å². The third-order valence-corrected chi connectivity index (χ3v) is 5.15. The predicted octanol–water partition coefficient (Wildman–Crippen LogP) is 3.53. The molecule has 4 aromatic rings. The predicted molar refractivity (Wildman–Crippen MR) is 98.3 cm³/mol. The first-order chi connectivity index (χ1) is 12.2. The second-order valence-corrected chi connectivity index (χ2v) is 6.88. The number of fused-ring (bicyclic) bond motifs is 3. The molecule has 7 nitrogen and oxygen atoms in total. The number of nitrogens with one attached hydrogen (secondary N) is 1. The smallest absolute Gasteiger partial charge is 0.227 e. The number of ether oxygens (including phenoxy) is 1. The van der Waals surface area contributed by atoms with Crippen LogP contribution < -0.4 is 5.32 Å². The standard InChI is InChI=1S/C17H19N5O2S/c1-4-11-10(2)25-16-13(11)15-19-14(12-6-5-8-24-12)21-22(15)17(20-16)18-7-9-23-3/h5-6,8H,4,7,9H2,1-3H3,(H,18,20). The minimum absolute atomic E-state index is 0.556. The average Bonchev–Trinajstić information content (AvgIpc) is 3.32. The normalized spacial score (nSPS) is 11.6. The van der Waals surface area contributed by atoms with Crippen LogP contribution in [0.25, 0.3) is 27.4 Å². The summed E-state index contributed by atoms with van der Waals surface area (Å²) >= 11 is 1.69. The van der Waals surface area contributed by atoms with E-state index in [9.17, 15) is 0 Å². The Morgan fingerprint density at radius 2 is 2.24 bits per heavy atom. The van der Waals surface area contributed by atoms with Crippen LogP contribution in [0, 0.1) is 6.92 Å². The van der Waals surface area contributed by atoms with Crippen molar-refractivity contribution in [2.75, 3.05) is 25.6 Å². The van der Waals surface area contributed by atoms with Crippen molar-refractivity contribution >= 4 is 33.1 Å². The molecule has 0 bridgehead atoms. The lowest BCUT2D eigenvalue weighted by Gasteiger charge is -2.07.